The highest BCUT2D eigenvalue weighted by Gasteiger charge is 2.25. The van der Waals surface area contributed by atoms with E-state index >= 15 is 0 Å². The monoisotopic (exact) mass is 294 g/mol. The number of hydrogen-bond acceptors (Lipinski definition) is 2. The fourth-order valence-electron chi connectivity index (χ4n) is 2.94. The zero-order chi connectivity index (χ0) is 15.7. The lowest BCUT2D eigenvalue weighted by molar-refractivity contribution is -0.514. The van der Waals surface area contributed by atoms with Crippen molar-refractivity contribution in [1.29, 1.82) is 0 Å². The summed E-state index contributed by atoms with van der Waals surface area (Å²) in [5.74, 6) is -0.263. The number of carbonyl (C=O) groups is 1. The van der Waals surface area contributed by atoms with Crippen LogP contribution >= 0.6 is 0 Å². The van der Waals surface area contributed by atoms with E-state index in [0.717, 1.165) is 22.9 Å². The molecular formula is C19H20NO2+. The zero-order valence-corrected chi connectivity index (χ0v) is 13.2. The number of hydrogen-bond donors (Lipinski definition) is 0. The standard InChI is InChI=1S/C19H20NO2/c1-4-14-10-17-11-15-8-6-7-9-16(15)12-20(17)18(13(14)3)19(21)22-5-2/h6-12H,4-5H2,1-3H3/q+1. The Bertz CT molecular complexity index is 868. The number of nitrogens with zero attached hydrogens (tertiary/aromatic N) is 1. The Labute approximate surface area is 130 Å². The van der Waals surface area contributed by atoms with Crippen LogP contribution in [-0.2, 0) is 11.2 Å². The lowest BCUT2D eigenvalue weighted by atomic mass is 10.0. The van der Waals surface area contributed by atoms with Crippen LogP contribution in [0.4, 0.5) is 0 Å². The van der Waals surface area contributed by atoms with Crippen LogP contribution in [-0.4, -0.2) is 12.6 Å². The van der Waals surface area contributed by atoms with Gasteiger partial charge in [0.1, 0.15) is 0 Å². The molecule has 3 aromatic rings. The molecule has 0 atom stereocenters. The predicted octanol–water partition coefficient (Wildman–Crippen LogP) is 3.63. The fourth-order valence-corrected chi connectivity index (χ4v) is 2.94. The van der Waals surface area contributed by atoms with E-state index in [1.165, 1.54) is 10.9 Å². The maximum absolute atomic E-state index is 12.4. The molecule has 22 heavy (non-hydrogen) atoms. The van der Waals surface area contributed by atoms with Gasteiger partial charge in [-0.2, -0.15) is 4.40 Å². The molecule has 0 fully saturated rings. The smallest absolute Gasteiger partial charge is 0.404 e. The molecule has 0 radical (unpaired) electrons. The summed E-state index contributed by atoms with van der Waals surface area (Å²) in [5.41, 5.74) is 3.82. The van der Waals surface area contributed by atoms with E-state index in [1.54, 1.807) is 0 Å². The van der Waals surface area contributed by atoms with Crippen molar-refractivity contribution in [2.75, 3.05) is 6.61 Å². The third-order valence-electron chi connectivity index (χ3n) is 4.10. The first-order valence-electron chi connectivity index (χ1n) is 7.69. The van der Waals surface area contributed by atoms with Gasteiger partial charge in [0.25, 0.3) is 5.69 Å². The van der Waals surface area contributed by atoms with Crippen LogP contribution in [0.1, 0.15) is 35.5 Å². The van der Waals surface area contributed by atoms with Gasteiger partial charge in [-0.05, 0) is 37.3 Å². The maximum Gasteiger partial charge on any atom is 0.404 e. The molecule has 0 spiro atoms. The third-order valence-corrected chi connectivity index (χ3v) is 4.10. The molecule has 2 heterocycles. The minimum absolute atomic E-state index is 0.263. The lowest BCUT2D eigenvalue weighted by Gasteiger charge is -2.08. The van der Waals surface area contributed by atoms with Crippen molar-refractivity contribution < 1.29 is 13.9 Å². The Morgan fingerprint density at radius 3 is 2.55 bits per heavy atom. The molecule has 0 unspecified atom stereocenters. The Kier molecular flexibility index (Phi) is 3.80. The van der Waals surface area contributed by atoms with Crippen molar-refractivity contribution in [1.82, 2.24) is 0 Å². The first-order chi connectivity index (χ1) is 10.7. The molecule has 0 N–H and O–H groups in total. The zero-order valence-electron chi connectivity index (χ0n) is 13.2. The van der Waals surface area contributed by atoms with E-state index < -0.39 is 0 Å². The average Bonchev–Trinajstić information content (AvgIpc) is 2.52. The second kappa shape index (κ2) is 5.76. The number of ether oxygens (including phenoxy) is 1. The first-order valence-corrected chi connectivity index (χ1v) is 7.69. The molecule has 1 aromatic carbocycles. The van der Waals surface area contributed by atoms with Gasteiger partial charge in [0.2, 0.25) is 5.52 Å². The fraction of sp³-hybridized carbons (Fsp3) is 0.263. The predicted molar refractivity (Wildman–Crippen MR) is 87.2 cm³/mol. The van der Waals surface area contributed by atoms with Crippen LogP contribution in [0.3, 0.4) is 0 Å². The quantitative estimate of drug-likeness (QED) is 0.419. The van der Waals surface area contributed by atoms with Gasteiger partial charge >= 0.3 is 5.97 Å². The van der Waals surface area contributed by atoms with Crippen LogP contribution in [0, 0.1) is 6.92 Å². The number of aromatic nitrogens is 1. The Morgan fingerprint density at radius 2 is 1.86 bits per heavy atom. The Balaban J connectivity index is 2.40. The van der Waals surface area contributed by atoms with Gasteiger partial charge in [-0.15, -0.1) is 0 Å². The number of rotatable bonds is 3. The molecular weight excluding hydrogens is 274 g/mol. The molecule has 3 nitrogen and oxygen atoms in total. The van der Waals surface area contributed by atoms with Crippen molar-refractivity contribution in [3.63, 3.8) is 0 Å². The Morgan fingerprint density at radius 1 is 1.14 bits per heavy atom. The van der Waals surface area contributed by atoms with Crippen LogP contribution < -0.4 is 4.40 Å². The van der Waals surface area contributed by atoms with E-state index in [0.29, 0.717) is 12.3 Å². The number of esters is 1. The normalized spacial score (nSPS) is 11.0. The van der Waals surface area contributed by atoms with Gasteiger partial charge in [-0.1, -0.05) is 25.1 Å². The summed E-state index contributed by atoms with van der Waals surface area (Å²) in [7, 11) is 0. The molecule has 3 heteroatoms. The van der Waals surface area contributed by atoms with E-state index in [4.69, 9.17) is 4.74 Å². The highest BCUT2D eigenvalue weighted by atomic mass is 16.5. The van der Waals surface area contributed by atoms with Gasteiger partial charge < -0.3 is 4.74 Å². The van der Waals surface area contributed by atoms with Crippen molar-refractivity contribution in [2.24, 2.45) is 0 Å². The van der Waals surface area contributed by atoms with Gasteiger partial charge in [-0.25, -0.2) is 4.79 Å². The van der Waals surface area contributed by atoms with Crippen molar-refractivity contribution in [3.05, 3.63) is 59.4 Å². The van der Waals surface area contributed by atoms with E-state index in [1.807, 2.05) is 36.6 Å². The molecule has 2 aromatic heterocycles. The van der Waals surface area contributed by atoms with Crippen LogP contribution in [0.25, 0.3) is 16.3 Å². The summed E-state index contributed by atoms with van der Waals surface area (Å²) in [4.78, 5) is 12.4. The van der Waals surface area contributed by atoms with Crippen molar-refractivity contribution in [2.45, 2.75) is 27.2 Å². The molecule has 0 amide bonds. The number of pyridine rings is 2. The lowest BCUT2D eigenvalue weighted by Crippen LogP contribution is -2.33. The van der Waals surface area contributed by atoms with E-state index in [2.05, 4.69) is 31.2 Å². The molecule has 0 saturated carbocycles. The minimum atomic E-state index is -0.263. The van der Waals surface area contributed by atoms with Crippen molar-refractivity contribution >= 4 is 22.3 Å². The molecule has 0 bridgehead atoms. The largest absolute Gasteiger partial charge is 0.458 e. The van der Waals surface area contributed by atoms with Gasteiger partial charge in [0, 0.05) is 23.1 Å². The molecule has 3 rings (SSSR count). The highest BCUT2D eigenvalue weighted by molar-refractivity contribution is 5.89. The molecule has 0 aliphatic carbocycles. The van der Waals surface area contributed by atoms with Crippen LogP contribution in [0.5, 0.6) is 0 Å². The number of carbonyl (C=O) groups excluding carboxylic acids is 1. The van der Waals surface area contributed by atoms with Crippen LogP contribution in [0.15, 0.2) is 42.6 Å². The number of fused-ring (bicyclic) bond motifs is 2. The minimum Gasteiger partial charge on any atom is -0.458 e. The summed E-state index contributed by atoms with van der Waals surface area (Å²) in [6.45, 7) is 6.31. The van der Waals surface area contributed by atoms with Gasteiger partial charge in [-0.3, -0.25) is 0 Å². The van der Waals surface area contributed by atoms with E-state index in [-0.39, 0.29) is 5.97 Å². The van der Waals surface area contributed by atoms with E-state index in [9.17, 15) is 4.79 Å². The average molecular weight is 294 g/mol. The number of benzene rings is 1. The maximum atomic E-state index is 12.4. The van der Waals surface area contributed by atoms with Gasteiger partial charge in [0.15, 0.2) is 6.20 Å². The van der Waals surface area contributed by atoms with Crippen LogP contribution in [0.2, 0.25) is 0 Å². The molecule has 0 aliphatic rings. The summed E-state index contributed by atoms with van der Waals surface area (Å²) in [6, 6.07) is 12.5. The Hall–Kier alpha value is -2.42. The first kappa shape index (κ1) is 14.5. The van der Waals surface area contributed by atoms with Gasteiger partial charge in [0.05, 0.1) is 6.61 Å². The molecule has 112 valence electrons. The highest BCUT2D eigenvalue weighted by Crippen LogP contribution is 2.19. The second-order valence-corrected chi connectivity index (χ2v) is 5.41. The van der Waals surface area contributed by atoms with Crippen molar-refractivity contribution in [3.8, 4) is 0 Å². The SMILES string of the molecule is CCOC(=O)c1c(C)c(CC)cc2cc3ccccc3c[n+]12. The summed E-state index contributed by atoms with van der Waals surface area (Å²) >= 11 is 0. The number of aryl methyl sites for hydroxylation is 1. The molecule has 0 saturated heterocycles. The second-order valence-electron chi connectivity index (χ2n) is 5.41. The third kappa shape index (κ3) is 2.33. The topological polar surface area (TPSA) is 30.4 Å². The summed E-state index contributed by atoms with van der Waals surface area (Å²) < 4.78 is 7.22. The summed E-state index contributed by atoms with van der Waals surface area (Å²) in [6.07, 6.45) is 2.91. The summed E-state index contributed by atoms with van der Waals surface area (Å²) in [5, 5.41) is 2.28. The molecule has 0 aliphatic heterocycles.